The smallest absolute Gasteiger partial charge is 0.242 e. The Morgan fingerprint density at radius 1 is 1.19 bits per heavy atom. The maximum absolute atomic E-state index is 11.9. The number of carbonyl (C=O) groups is 1. The van der Waals surface area contributed by atoms with Crippen molar-refractivity contribution in [2.24, 2.45) is 16.6 Å². The summed E-state index contributed by atoms with van der Waals surface area (Å²) < 4.78 is 0. The van der Waals surface area contributed by atoms with Crippen molar-refractivity contribution in [2.45, 2.75) is 57.9 Å². The topological polar surface area (TPSA) is 70.7 Å². The molecule has 1 aliphatic heterocycles. The van der Waals surface area contributed by atoms with Crippen LogP contribution in [-0.2, 0) is 4.79 Å². The van der Waals surface area contributed by atoms with Gasteiger partial charge in [-0.05, 0) is 31.6 Å². The molecule has 0 atom stereocenters. The minimum atomic E-state index is 0. The number of hydrogen-bond donors (Lipinski definition) is 2. The highest BCUT2D eigenvalue weighted by molar-refractivity contribution is 14.0. The van der Waals surface area contributed by atoms with Crippen LogP contribution in [0.3, 0.4) is 0 Å². The van der Waals surface area contributed by atoms with E-state index in [4.69, 9.17) is 5.73 Å². The van der Waals surface area contributed by atoms with Gasteiger partial charge in [-0.1, -0.05) is 26.2 Å². The summed E-state index contributed by atoms with van der Waals surface area (Å²) in [5.41, 5.74) is 5.97. The zero-order chi connectivity index (χ0) is 14.4. The van der Waals surface area contributed by atoms with E-state index in [1.165, 1.54) is 19.3 Å². The summed E-state index contributed by atoms with van der Waals surface area (Å²) in [5, 5.41) is 3.06. The van der Waals surface area contributed by atoms with Crippen LogP contribution in [0.2, 0.25) is 0 Å². The molecule has 2 aliphatic rings. The van der Waals surface area contributed by atoms with E-state index in [-0.39, 0.29) is 36.4 Å². The first-order valence-electron chi connectivity index (χ1n) is 7.99. The number of nitrogens with zero attached hydrogens (tertiary/aromatic N) is 2. The Hall–Kier alpha value is -0.530. The van der Waals surface area contributed by atoms with E-state index in [1.807, 2.05) is 0 Å². The molecule has 122 valence electrons. The molecular formula is C15H29IN4O. The Morgan fingerprint density at radius 2 is 1.81 bits per heavy atom. The van der Waals surface area contributed by atoms with Gasteiger partial charge in [-0.2, -0.15) is 0 Å². The van der Waals surface area contributed by atoms with E-state index < -0.39 is 0 Å². The minimum Gasteiger partial charge on any atom is -0.370 e. The van der Waals surface area contributed by atoms with Crippen LogP contribution in [0.25, 0.3) is 0 Å². The van der Waals surface area contributed by atoms with E-state index in [0.29, 0.717) is 12.0 Å². The molecular weight excluding hydrogens is 379 g/mol. The standard InChI is InChI=1S/C15H28N4O.HI/c1-12-7-9-19(10-8-12)15(16)17-11-14(20)18-13-5-3-2-4-6-13;/h12-13H,2-11H2,1H3,(H2,16,17)(H,18,20);1H. The molecule has 0 spiro atoms. The SMILES string of the molecule is CC1CCN(C(N)=NCC(=O)NC2CCCCC2)CC1.I. The Bertz CT molecular complexity index is 348. The molecule has 1 amide bonds. The van der Waals surface area contributed by atoms with E-state index in [9.17, 15) is 4.79 Å². The van der Waals surface area contributed by atoms with Gasteiger partial charge < -0.3 is 16.0 Å². The fourth-order valence-corrected chi connectivity index (χ4v) is 3.01. The average Bonchev–Trinajstić information content (AvgIpc) is 2.46. The number of amides is 1. The Morgan fingerprint density at radius 3 is 2.43 bits per heavy atom. The third kappa shape index (κ3) is 6.40. The van der Waals surface area contributed by atoms with E-state index in [1.54, 1.807) is 0 Å². The van der Waals surface area contributed by atoms with Crippen LogP contribution in [-0.4, -0.2) is 42.4 Å². The molecule has 1 heterocycles. The lowest BCUT2D eigenvalue weighted by atomic mass is 9.95. The number of halogens is 1. The minimum absolute atomic E-state index is 0. The lowest BCUT2D eigenvalue weighted by Gasteiger charge is -2.31. The fraction of sp³-hybridized carbons (Fsp3) is 0.867. The highest BCUT2D eigenvalue weighted by atomic mass is 127. The van der Waals surface area contributed by atoms with Crippen molar-refractivity contribution in [1.82, 2.24) is 10.2 Å². The van der Waals surface area contributed by atoms with Crippen molar-refractivity contribution in [3.8, 4) is 0 Å². The van der Waals surface area contributed by atoms with Crippen LogP contribution < -0.4 is 11.1 Å². The van der Waals surface area contributed by atoms with Crippen molar-refractivity contribution < 1.29 is 4.79 Å². The summed E-state index contributed by atoms with van der Waals surface area (Å²) >= 11 is 0. The number of likely N-dealkylation sites (tertiary alicyclic amines) is 1. The van der Waals surface area contributed by atoms with E-state index in [2.05, 4.69) is 22.1 Å². The van der Waals surface area contributed by atoms with Crippen molar-refractivity contribution in [1.29, 1.82) is 0 Å². The van der Waals surface area contributed by atoms with Gasteiger partial charge in [0.05, 0.1) is 0 Å². The molecule has 1 saturated carbocycles. The summed E-state index contributed by atoms with van der Waals surface area (Å²) in [5.74, 6) is 1.30. The van der Waals surface area contributed by atoms with Gasteiger partial charge in [-0.25, -0.2) is 4.99 Å². The van der Waals surface area contributed by atoms with Gasteiger partial charge in [0.25, 0.3) is 0 Å². The fourth-order valence-electron chi connectivity index (χ4n) is 3.01. The quantitative estimate of drug-likeness (QED) is 0.427. The van der Waals surface area contributed by atoms with Gasteiger partial charge in [0.1, 0.15) is 6.54 Å². The van der Waals surface area contributed by atoms with Crippen LogP contribution in [0.1, 0.15) is 51.9 Å². The van der Waals surface area contributed by atoms with E-state index >= 15 is 0 Å². The number of piperidine rings is 1. The van der Waals surface area contributed by atoms with Gasteiger partial charge in [0.15, 0.2) is 5.96 Å². The Kier molecular flexibility index (Phi) is 8.36. The average molecular weight is 408 g/mol. The summed E-state index contributed by atoms with van der Waals surface area (Å²) in [6.45, 7) is 4.35. The molecule has 1 aliphatic carbocycles. The summed E-state index contributed by atoms with van der Waals surface area (Å²) in [6, 6.07) is 0.350. The van der Waals surface area contributed by atoms with Crippen LogP contribution in [0, 0.1) is 5.92 Å². The molecule has 5 nitrogen and oxygen atoms in total. The molecule has 0 unspecified atom stereocenters. The van der Waals surface area contributed by atoms with Crippen molar-refractivity contribution in [2.75, 3.05) is 19.6 Å². The lowest BCUT2D eigenvalue weighted by Crippen LogP contribution is -2.43. The first-order valence-corrected chi connectivity index (χ1v) is 7.99. The largest absolute Gasteiger partial charge is 0.370 e. The van der Waals surface area contributed by atoms with Crippen LogP contribution in [0.5, 0.6) is 0 Å². The second kappa shape index (κ2) is 9.48. The molecule has 0 radical (unpaired) electrons. The number of nitrogens with two attached hydrogens (primary N) is 1. The van der Waals surface area contributed by atoms with Crippen LogP contribution in [0.15, 0.2) is 4.99 Å². The number of rotatable bonds is 3. The predicted molar refractivity (Wildman–Crippen MR) is 96.9 cm³/mol. The monoisotopic (exact) mass is 408 g/mol. The molecule has 2 fully saturated rings. The molecule has 0 aromatic rings. The Balaban J connectivity index is 0.00000220. The van der Waals surface area contributed by atoms with E-state index in [0.717, 1.165) is 44.7 Å². The molecule has 21 heavy (non-hydrogen) atoms. The lowest BCUT2D eigenvalue weighted by molar-refractivity contribution is -0.120. The summed E-state index contributed by atoms with van der Waals surface area (Å²) in [4.78, 5) is 18.2. The number of nitrogens with one attached hydrogen (secondary N) is 1. The maximum Gasteiger partial charge on any atom is 0.242 e. The highest BCUT2D eigenvalue weighted by Gasteiger charge is 2.18. The van der Waals surface area contributed by atoms with Crippen molar-refractivity contribution in [3.05, 3.63) is 0 Å². The second-order valence-electron chi connectivity index (χ2n) is 6.25. The Labute approximate surface area is 145 Å². The van der Waals surface area contributed by atoms with Crippen molar-refractivity contribution in [3.63, 3.8) is 0 Å². The second-order valence-corrected chi connectivity index (χ2v) is 6.25. The molecule has 2 rings (SSSR count). The van der Waals surface area contributed by atoms with Crippen LogP contribution in [0.4, 0.5) is 0 Å². The molecule has 0 aromatic carbocycles. The third-order valence-corrected chi connectivity index (χ3v) is 4.46. The van der Waals surface area contributed by atoms with Gasteiger partial charge in [-0.3, -0.25) is 4.79 Å². The van der Waals surface area contributed by atoms with Gasteiger partial charge in [-0.15, -0.1) is 24.0 Å². The van der Waals surface area contributed by atoms with Gasteiger partial charge >= 0.3 is 0 Å². The first kappa shape index (κ1) is 18.5. The number of carbonyl (C=O) groups excluding carboxylic acids is 1. The van der Waals surface area contributed by atoms with Crippen molar-refractivity contribution >= 4 is 35.8 Å². The van der Waals surface area contributed by atoms with Gasteiger partial charge in [0.2, 0.25) is 5.91 Å². The number of hydrogen-bond acceptors (Lipinski definition) is 2. The summed E-state index contributed by atoms with van der Waals surface area (Å²) in [7, 11) is 0. The van der Waals surface area contributed by atoms with Gasteiger partial charge in [0, 0.05) is 19.1 Å². The number of aliphatic imine (C=N–C) groups is 1. The maximum atomic E-state index is 11.9. The highest BCUT2D eigenvalue weighted by Crippen LogP contribution is 2.17. The zero-order valence-corrected chi connectivity index (χ0v) is 15.3. The molecule has 3 N–H and O–H groups in total. The molecule has 0 bridgehead atoms. The first-order chi connectivity index (χ1) is 9.65. The zero-order valence-electron chi connectivity index (χ0n) is 13.0. The normalized spacial score (nSPS) is 21.8. The predicted octanol–water partition coefficient (Wildman–Crippen LogP) is 2.10. The molecule has 0 aromatic heterocycles. The molecule has 6 heteroatoms. The summed E-state index contributed by atoms with van der Waals surface area (Å²) in [6.07, 6.45) is 8.27. The number of guanidine groups is 1. The third-order valence-electron chi connectivity index (χ3n) is 4.46. The van der Waals surface area contributed by atoms with Crippen LogP contribution >= 0.6 is 24.0 Å². The molecule has 1 saturated heterocycles.